The second-order valence-electron chi connectivity index (χ2n) is 5.46. The topological polar surface area (TPSA) is 68.9 Å². The van der Waals surface area contributed by atoms with Gasteiger partial charge in [-0.05, 0) is 31.9 Å². The molecule has 0 saturated carbocycles. The first-order valence-electron chi connectivity index (χ1n) is 6.74. The predicted molar refractivity (Wildman–Crippen MR) is 75.2 cm³/mol. The average Bonchev–Trinajstić information content (AvgIpc) is 2.74. The third-order valence-electron chi connectivity index (χ3n) is 2.79. The Morgan fingerprint density at radius 3 is 2.45 bits per heavy atom. The molecule has 20 heavy (non-hydrogen) atoms. The van der Waals surface area contributed by atoms with E-state index in [0.29, 0.717) is 24.1 Å². The lowest BCUT2D eigenvalue weighted by Crippen LogP contribution is -2.06. The van der Waals surface area contributed by atoms with E-state index in [1.165, 1.54) is 0 Å². The summed E-state index contributed by atoms with van der Waals surface area (Å²) in [6.07, 6.45) is 0.736. The number of nitrogens with zero attached hydrogens (tertiary/aromatic N) is 3. The first kappa shape index (κ1) is 14.4. The van der Waals surface area contributed by atoms with Crippen molar-refractivity contribution < 1.29 is 9.32 Å². The lowest BCUT2D eigenvalue weighted by atomic mass is 10.1. The molecule has 0 atom stereocenters. The molecular weight excluding hydrogens is 254 g/mol. The predicted octanol–water partition coefficient (Wildman–Crippen LogP) is 2.91. The van der Waals surface area contributed by atoms with Crippen molar-refractivity contribution in [1.82, 2.24) is 15.1 Å². The fourth-order valence-corrected chi connectivity index (χ4v) is 2.10. The van der Waals surface area contributed by atoms with Gasteiger partial charge in [-0.2, -0.15) is 4.98 Å². The van der Waals surface area contributed by atoms with Gasteiger partial charge in [0.05, 0.1) is 6.42 Å². The molecule has 0 aliphatic rings. The van der Waals surface area contributed by atoms with Crippen LogP contribution in [0.5, 0.6) is 0 Å². The summed E-state index contributed by atoms with van der Waals surface area (Å²) < 4.78 is 5.15. The van der Waals surface area contributed by atoms with E-state index >= 15 is 0 Å². The van der Waals surface area contributed by atoms with Gasteiger partial charge in [0.25, 0.3) is 0 Å². The van der Waals surface area contributed by atoms with Gasteiger partial charge >= 0.3 is 0 Å². The number of ketones is 1. The number of aromatic nitrogens is 3. The maximum Gasteiger partial charge on any atom is 0.234 e. The highest BCUT2D eigenvalue weighted by molar-refractivity contribution is 5.80. The zero-order valence-electron chi connectivity index (χ0n) is 12.3. The fourth-order valence-electron chi connectivity index (χ4n) is 2.10. The fraction of sp³-hybridized carbons (Fsp3) is 0.467. The molecule has 2 rings (SSSR count). The summed E-state index contributed by atoms with van der Waals surface area (Å²) in [6.45, 7) is 7.87. The summed E-state index contributed by atoms with van der Waals surface area (Å²) in [4.78, 5) is 20.3. The molecule has 0 bridgehead atoms. The molecule has 0 saturated heterocycles. The van der Waals surface area contributed by atoms with E-state index in [0.717, 1.165) is 17.0 Å². The standard InChI is InChI=1S/C15H19N3O2/c1-9(2)5-13(19)8-14-17-15(18-20-14)12-6-10(3)16-11(4)7-12/h6-7,9H,5,8H2,1-4H3. The van der Waals surface area contributed by atoms with Gasteiger partial charge in [-0.1, -0.05) is 19.0 Å². The molecule has 0 aromatic carbocycles. The highest BCUT2D eigenvalue weighted by Gasteiger charge is 2.14. The summed E-state index contributed by atoms with van der Waals surface area (Å²) in [6, 6.07) is 3.80. The maximum absolute atomic E-state index is 11.7. The number of pyridine rings is 1. The Balaban J connectivity index is 2.14. The Morgan fingerprint density at radius 1 is 1.20 bits per heavy atom. The second-order valence-corrected chi connectivity index (χ2v) is 5.46. The maximum atomic E-state index is 11.7. The Hall–Kier alpha value is -2.04. The summed E-state index contributed by atoms with van der Waals surface area (Å²) in [7, 11) is 0. The van der Waals surface area contributed by atoms with E-state index in [1.54, 1.807) is 0 Å². The molecule has 2 aromatic heterocycles. The molecule has 0 radical (unpaired) electrons. The van der Waals surface area contributed by atoms with Gasteiger partial charge < -0.3 is 4.52 Å². The molecule has 0 unspecified atom stereocenters. The molecule has 0 fully saturated rings. The van der Waals surface area contributed by atoms with Crippen molar-refractivity contribution in [2.24, 2.45) is 5.92 Å². The number of Topliss-reactive ketones (excluding diaryl/α,β-unsaturated/α-hetero) is 1. The van der Waals surface area contributed by atoms with Crippen molar-refractivity contribution >= 4 is 5.78 Å². The van der Waals surface area contributed by atoms with Crippen LogP contribution in [0.1, 0.15) is 37.5 Å². The zero-order valence-corrected chi connectivity index (χ0v) is 12.3. The molecule has 106 valence electrons. The summed E-state index contributed by atoms with van der Waals surface area (Å²) >= 11 is 0. The van der Waals surface area contributed by atoms with Crippen LogP contribution in [0.15, 0.2) is 16.7 Å². The van der Waals surface area contributed by atoms with Crippen molar-refractivity contribution in [2.45, 2.75) is 40.5 Å². The summed E-state index contributed by atoms with van der Waals surface area (Å²) in [5.74, 6) is 1.34. The van der Waals surface area contributed by atoms with E-state index in [1.807, 2.05) is 39.8 Å². The van der Waals surface area contributed by atoms with Gasteiger partial charge in [-0.3, -0.25) is 9.78 Å². The zero-order chi connectivity index (χ0) is 14.7. The van der Waals surface area contributed by atoms with E-state index in [4.69, 9.17) is 4.52 Å². The monoisotopic (exact) mass is 273 g/mol. The highest BCUT2D eigenvalue weighted by Crippen LogP contribution is 2.18. The van der Waals surface area contributed by atoms with Gasteiger partial charge in [-0.15, -0.1) is 0 Å². The minimum Gasteiger partial charge on any atom is -0.339 e. The Kier molecular flexibility index (Phi) is 4.27. The quantitative estimate of drug-likeness (QED) is 0.837. The number of hydrogen-bond donors (Lipinski definition) is 0. The molecule has 2 heterocycles. The molecule has 0 amide bonds. The van der Waals surface area contributed by atoms with Crippen molar-refractivity contribution in [1.29, 1.82) is 0 Å². The lowest BCUT2D eigenvalue weighted by molar-refractivity contribution is -0.119. The smallest absolute Gasteiger partial charge is 0.234 e. The molecule has 5 nitrogen and oxygen atoms in total. The van der Waals surface area contributed by atoms with Crippen molar-refractivity contribution in [3.63, 3.8) is 0 Å². The Morgan fingerprint density at radius 2 is 1.85 bits per heavy atom. The normalized spacial score (nSPS) is 11.1. The molecule has 5 heteroatoms. The highest BCUT2D eigenvalue weighted by atomic mass is 16.5. The largest absolute Gasteiger partial charge is 0.339 e. The number of carbonyl (C=O) groups excluding carboxylic acids is 1. The molecule has 0 aliphatic heterocycles. The van der Waals surface area contributed by atoms with Gasteiger partial charge in [0.15, 0.2) is 0 Å². The van der Waals surface area contributed by atoms with Crippen LogP contribution in [0.3, 0.4) is 0 Å². The van der Waals surface area contributed by atoms with E-state index in [2.05, 4.69) is 15.1 Å². The minimum atomic E-state index is 0.122. The van der Waals surface area contributed by atoms with Crippen molar-refractivity contribution in [2.75, 3.05) is 0 Å². The molecule has 0 N–H and O–H groups in total. The van der Waals surface area contributed by atoms with Crippen molar-refractivity contribution in [3.05, 3.63) is 29.4 Å². The third kappa shape index (κ3) is 3.73. The first-order chi connectivity index (χ1) is 9.44. The molecular formula is C15H19N3O2. The number of rotatable bonds is 5. The van der Waals surface area contributed by atoms with Crippen LogP contribution in [-0.4, -0.2) is 20.9 Å². The third-order valence-corrected chi connectivity index (χ3v) is 2.79. The Labute approximate surface area is 118 Å². The van der Waals surface area contributed by atoms with Gasteiger partial charge in [0, 0.05) is 23.4 Å². The van der Waals surface area contributed by atoms with Crippen LogP contribution in [0, 0.1) is 19.8 Å². The second kappa shape index (κ2) is 5.94. The van der Waals surface area contributed by atoms with Crippen LogP contribution in [0.4, 0.5) is 0 Å². The van der Waals surface area contributed by atoms with E-state index < -0.39 is 0 Å². The van der Waals surface area contributed by atoms with Crippen LogP contribution in [-0.2, 0) is 11.2 Å². The molecule has 0 spiro atoms. The number of hydrogen-bond acceptors (Lipinski definition) is 5. The minimum absolute atomic E-state index is 0.122. The Bertz CT molecular complexity index is 597. The van der Waals surface area contributed by atoms with Crippen LogP contribution < -0.4 is 0 Å². The van der Waals surface area contributed by atoms with Crippen LogP contribution in [0.25, 0.3) is 11.4 Å². The molecule has 0 aliphatic carbocycles. The summed E-state index contributed by atoms with van der Waals surface area (Å²) in [5.41, 5.74) is 2.67. The van der Waals surface area contributed by atoms with Gasteiger partial charge in [-0.25, -0.2) is 0 Å². The SMILES string of the molecule is Cc1cc(-c2noc(CC(=O)CC(C)C)n2)cc(C)n1. The first-order valence-corrected chi connectivity index (χ1v) is 6.74. The average molecular weight is 273 g/mol. The summed E-state index contributed by atoms with van der Waals surface area (Å²) in [5, 5.41) is 3.93. The van der Waals surface area contributed by atoms with Gasteiger partial charge in [0.1, 0.15) is 5.78 Å². The van der Waals surface area contributed by atoms with Gasteiger partial charge in [0.2, 0.25) is 11.7 Å². The number of carbonyl (C=O) groups is 1. The molecule has 2 aromatic rings. The van der Waals surface area contributed by atoms with Crippen LogP contribution >= 0.6 is 0 Å². The lowest BCUT2D eigenvalue weighted by Gasteiger charge is -2.00. The van der Waals surface area contributed by atoms with Crippen LogP contribution in [0.2, 0.25) is 0 Å². The van der Waals surface area contributed by atoms with E-state index in [9.17, 15) is 4.79 Å². The van der Waals surface area contributed by atoms with Crippen molar-refractivity contribution in [3.8, 4) is 11.4 Å². The number of aryl methyl sites for hydroxylation is 2. The van der Waals surface area contributed by atoms with E-state index in [-0.39, 0.29) is 12.2 Å².